The fourth-order valence-electron chi connectivity index (χ4n) is 10.6. The third-order valence-electron chi connectivity index (χ3n) is 14.5. The lowest BCUT2D eigenvalue weighted by molar-refractivity contribution is -0.134. The summed E-state index contributed by atoms with van der Waals surface area (Å²) in [6.45, 7) is 8.75. The minimum absolute atomic E-state index is 0.245. The third-order valence-corrected chi connectivity index (χ3v) is 15.8. The fourth-order valence-corrected chi connectivity index (χ4v) is 11.6. The Morgan fingerprint density at radius 1 is 0.984 bits per heavy atom. The fraction of sp³-hybridized carbons (Fsp3) is 0.674. The van der Waals surface area contributed by atoms with Crippen molar-refractivity contribution in [2.75, 3.05) is 66.8 Å². The maximum Gasteiger partial charge on any atom is 0.249 e. The number of imide groups is 1. The third kappa shape index (κ3) is 9.33. The number of carbonyl (C=O) groups is 5. The van der Waals surface area contributed by atoms with Gasteiger partial charge < -0.3 is 20.0 Å². The molecular weight excluding hydrogens is 805 g/mol. The molecule has 4 unspecified atom stereocenters. The molecule has 2 saturated carbocycles. The lowest BCUT2D eigenvalue weighted by atomic mass is 9.99. The van der Waals surface area contributed by atoms with Gasteiger partial charge in [-0.05, 0) is 88.7 Å². The molecule has 1 spiro atoms. The number of hydrogen-bond donors (Lipinski definition) is 2. The van der Waals surface area contributed by atoms with Crippen LogP contribution in [0.25, 0.3) is 0 Å². The first-order valence-electron chi connectivity index (χ1n) is 23.3. The van der Waals surface area contributed by atoms with Gasteiger partial charge in [-0.25, -0.2) is 13.6 Å². The molecule has 8 rings (SSSR count). The first kappa shape index (κ1) is 44.3. The summed E-state index contributed by atoms with van der Waals surface area (Å²) in [5, 5.41) is 6.06. The van der Waals surface area contributed by atoms with E-state index >= 15 is 0 Å². The molecule has 5 amide bonds. The SMILES string of the molecule is CC1CCCC1N1C(=O)C2(CC2)c2cnc(NC3CCN(SN4CCN(C(=O)CCCCCCCc5cccc(N(C)C6CCC(=O)NC6=O)c5N(C)C=O)CC4C)CC3)nc21. The van der Waals surface area contributed by atoms with Gasteiger partial charge >= 0.3 is 0 Å². The molecular formula is C46H66N10O5S. The van der Waals surface area contributed by atoms with Gasteiger partial charge in [0.05, 0.1) is 16.8 Å². The standard InChI is InChI=1S/C46H66N10O5S/c1-31-12-10-15-36(31)56-42-35(46(22-23-46)44(56)61)28-47-45(50-42)48-34-20-24-54(25-21-34)62-55-27-26-53(29-32(55)2)40(59)17-9-7-5-6-8-13-33-14-11-16-37(41(33)51(3)30-57)52(4)38-18-19-39(58)49-43(38)60/h11,14,16,28,30-32,34,36,38H,5-10,12-13,15,17-27,29H2,1-4H3,(H,47,48,50)(H,49,58,60). The van der Waals surface area contributed by atoms with Crippen LogP contribution in [0, 0.1) is 5.92 Å². The Balaban J connectivity index is 0.725. The average molecular weight is 871 g/mol. The molecule has 2 N–H and O–H groups in total. The van der Waals surface area contributed by atoms with Crippen LogP contribution in [0.5, 0.6) is 0 Å². The van der Waals surface area contributed by atoms with Crippen molar-refractivity contribution in [3.05, 3.63) is 35.5 Å². The monoisotopic (exact) mass is 870 g/mol. The molecule has 4 aliphatic heterocycles. The predicted molar refractivity (Wildman–Crippen MR) is 243 cm³/mol. The molecule has 2 aliphatic carbocycles. The van der Waals surface area contributed by atoms with E-state index in [9.17, 15) is 24.0 Å². The van der Waals surface area contributed by atoms with Crippen LogP contribution in [-0.2, 0) is 35.8 Å². The second-order valence-electron chi connectivity index (χ2n) is 18.8. The van der Waals surface area contributed by atoms with Gasteiger partial charge in [-0.1, -0.05) is 44.7 Å². The van der Waals surface area contributed by atoms with E-state index in [1.165, 1.54) is 12.8 Å². The highest BCUT2D eigenvalue weighted by atomic mass is 32.2. The van der Waals surface area contributed by atoms with Crippen molar-refractivity contribution in [2.24, 2.45) is 5.92 Å². The van der Waals surface area contributed by atoms with E-state index in [-0.39, 0.29) is 47.2 Å². The van der Waals surface area contributed by atoms with E-state index in [1.54, 1.807) is 11.9 Å². The Morgan fingerprint density at radius 2 is 1.76 bits per heavy atom. The zero-order chi connectivity index (χ0) is 43.5. The van der Waals surface area contributed by atoms with Crippen LogP contribution in [0.15, 0.2) is 24.4 Å². The van der Waals surface area contributed by atoms with Crippen LogP contribution in [0.2, 0.25) is 0 Å². The van der Waals surface area contributed by atoms with Crippen molar-refractivity contribution < 1.29 is 24.0 Å². The number of para-hydroxylation sites is 1. The van der Waals surface area contributed by atoms with E-state index in [0.717, 1.165) is 138 Å². The number of piperazine rings is 1. The summed E-state index contributed by atoms with van der Waals surface area (Å²) >= 11 is 1.83. The summed E-state index contributed by atoms with van der Waals surface area (Å²) in [6.07, 6.45) is 16.9. The molecule has 5 fully saturated rings. The number of nitrogens with one attached hydrogen (secondary N) is 2. The van der Waals surface area contributed by atoms with Crippen molar-refractivity contribution in [1.29, 1.82) is 0 Å². The Bertz CT molecular complexity index is 1990. The number of rotatable bonds is 17. The van der Waals surface area contributed by atoms with Gasteiger partial charge in [-0.15, -0.1) is 0 Å². The molecule has 2 aromatic rings. The van der Waals surface area contributed by atoms with E-state index in [1.807, 2.05) is 53.4 Å². The summed E-state index contributed by atoms with van der Waals surface area (Å²) in [5.41, 5.74) is 3.31. The summed E-state index contributed by atoms with van der Waals surface area (Å²) < 4.78 is 4.89. The largest absolute Gasteiger partial charge is 0.361 e. The number of likely N-dealkylation sites (N-methyl/N-ethyl adjacent to an activating group) is 1. The van der Waals surface area contributed by atoms with Gasteiger partial charge in [-0.2, -0.15) is 4.98 Å². The number of carbonyl (C=O) groups excluding carboxylic acids is 5. The molecule has 336 valence electrons. The molecule has 6 aliphatic rings. The molecule has 16 heteroatoms. The zero-order valence-corrected chi connectivity index (χ0v) is 38.0. The van der Waals surface area contributed by atoms with Gasteiger partial charge in [0.1, 0.15) is 11.9 Å². The number of anilines is 4. The lowest BCUT2D eigenvalue weighted by Crippen LogP contribution is -2.52. The van der Waals surface area contributed by atoms with Gasteiger partial charge in [0.25, 0.3) is 0 Å². The first-order valence-corrected chi connectivity index (χ1v) is 24.0. The minimum atomic E-state index is -0.478. The number of piperidine rings is 2. The van der Waals surface area contributed by atoms with E-state index in [0.29, 0.717) is 31.1 Å². The van der Waals surface area contributed by atoms with Crippen molar-refractivity contribution in [2.45, 2.75) is 146 Å². The molecule has 0 radical (unpaired) electrons. The van der Waals surface area contributed by atoms with Crippen molar-refractivity contribution in [3.63, 3.8) is 0 Å². The molecule has 1 aromatic carbocycles. The van der Waals surface area contributed by atoms with Crippen LogP contribution >= 0.6 is 12.1 Å². The van der Waals surface area contributed by atoms with Crippen molar-refractivity contribution in [3.8, 4) is 0 Å². The Morgan fingerprint density at radius 3 is 2.47 bits per heavy atom. The number of unbranched alkanes of at least 4 members (excludes halogenated alkanes) is 4. The lowest BCUT2D eigenvalue weighted by Gasteiger charge is -2.42. The van der Waals surface area contributed by atoms with Crippen molar-refractivity contribution in [1.82, 2.24) is 28.8 Å². The van der Waals surface area contributed by atoms with Gasteiger partial charge in [0, 0.05) is 102 Å². The molecule has 0 bridgehead atoms. The first-order chi connectivity index (χ1) is 30.0. The normalized spacial score (nSPS) is 25.3. The van der Waals surface area contributed by atoms with Crippen molar-refractivity contribution >= 4 is 65.3 Å². The minimum Gasteiger partial charge on any atom is -0.361 e. The van der Waals surface area contributed by atoms with E-state index in [2.05, 4.69) is 38.0 Å². The van der Waals surface area contributed by atoms with Crippen LogP contribution in [0.4, 0.5) is 23.1 Å². The van der Waals surface area contributed by atoms with Crippen LogP contribution < -0.4 is 25.3 Å². The highest BCUT2D eigenvalue weighted by Crippen LogP contribution is 2.58. The van der Waals surface area contributed by atoms with E-state index in [4.69, 9.17) is 9.97 Å². The number of nitrogens with zero attached hydrogens (tertiary/aromatic N) is 8. The molecule has 1 aromatic heterocycles. The molecule has 5 heterocycles. The topological polar surface area (TPSA) is 155 Å². The van der Waals surface area contributed by atoms with Crippen LogP contribution in [0.3, 0.4) is 0 Å². The highest BCUT2D eigenvalue weighted by molar-refractivity contribution is 7.94. The number of fused-ring (bicyclic) bond motifs is 2. The maximum atomic E-state index is 13.6. The molecule has 4 atom stereocenters. The Labute approximate surface area is 371 Å². The Hall–Kier alpha value is -4.28. The van der Waals surface area contributed by atoms with Gasteiger partial charge in [0.15, 0.2) is 0 Å². The van der Waals surface area contributed by atoms with Crippen LogP contribution in [0.1, 0.15) is 121 Å². The summed E-state index contributed by atoms with van der Waals surface area (Å²) in [6, 6.07) is 6.24. The smallest absolute Gasteiger partial charge is 0.249 e. The number of hydrogen-bond acceptors (Lipinski definition) is 12. The predicted octanol–water partition coefficient (Wildman–Crippen LogP) is 5.43. The maximum absolute atomic E-state index is 13.6. The highest BCUT2D eigenvalue weighted by Gasteiger charge is 2.62. The van der Waals surface area contributed by atoms with E-state index < -0.39 is 6.04 Å². The number of amides is 5. The van der Waals surface area contributed by atoms with Gasteiger partial charge in [0.2, 0.25) is 36.0 Å². The molecule has 3 saturated heterocycles. The number of aromatic nitrogens is 2. The number of aryl methyl sites for hydroxylation is 1. The second-order valence-corrected chi connectivity index (χ2v) is 19.9. The zero-order valence-electron chi connectivity index (χ0n) is 37.1. The summed E-state index contributed by atoms with van der Waals surface area (Å²) in [4.78, 5) is 80.4. The van der Waals surface area contributed by atoms with Gasteiger partial charge in [-0.3, -0.25) is 34.2 Å². The Kier molecular flexibility index (Phi) is 13.7. The summed E-state index contributed by atoms with van der Waals surface area (Å²) in [5.74, 6) is 1.93. The average Bonchev–Trinajstić information content (AvgIpc) is 3.92. The number of benzene rings is 1. The molecule has 15 nitrogen and oxygen atoms in total. The quantitative estimate of drug-likeness (QED) is 0.0902. The van der Waals surface area contributed by atoms with Crippen LogP contribution in [-0.4, -0.2) is 125 Å². The second kappa shape index (κ2) is 19.2. The molecule has 62 heavy (non-hydrogen) atoms. The summed E-state index contributed by atoms with van der Waals surface area (Å²) in [7, 11) is 3.58.